The molecular weight excluding hydrogens is 574 g/mol. The Kier molecular flexibility index (Phi) is 8.70. The fourth-order valence-electron chi connectivity index (χ4n) is 1.55. The van der Waals surface area contributed by atoms with Crippen LogP contribution >= 0.6 is 0 Å². The van der Waals surface area contributed by atoms with Gasteiger partial charge in [-0.3, -0.25) is 0 Å². The van der Waals surface area contributed by atoms with E-state index < -0.39 is 0 Å². The molecule has 96 valence electrons. The third kappa shape index (κ3) is 4.75. The molecule has 0 spiro atoms. The van der Waals surface area contributed by atoms with Crippen LogP contribution < -0.4 is 0 Å². The molecule has 1 rings (SSSR count). The summed E-state index contributed by atoms with van der Waals surface area (Å²) in [4.78, 5) is 7.10. The summed E-state index contributed by atoms with van der Waals surface area (Å²) < 4.78 is 0. The maximum atomic E-state index is 7.25. The molecule has 0 aliphatic heterocycles. The Bertz CT molecular complexity index is 436. The Morgan fingerprint density at radius 2 is 1.59 bits per heavy atom. The SMILES string of the molecule is [C-]#[N+]c1ccccc1C([N+]#[C-])C(C)(C)C.[Pt].[Pt]. The normalized spacial score (nSPS) is 11.1. The Morgan fingerprint density at radius 1 is 1.06 bits per heavy atom. The van der Waals surface area contributed by atoms with Crippen LogP contribution in [0.2, 0.25) is 0 Å². The molecule has 2 nitrogen and oxygen atoms in total. The fraction of sp³-hybridized carbons (Fsp3) is 0.385. The minimum atomic E-state index is -0.247. The first-order chi connectivity index (χ1) is 7.00. The van der Waals surface area contributed by atoms with Gasteiger partial charge in [0, 0.05) is 53.1 Å². The average Bonchev–Trinajstić information content (AvgIpc) is 2.17. The van der Waals surface area contributed by atoms with Crippen molar-refractivity contribution in [3.05, 3.63) is 52.7 Å². The van der Waals surface area contributed by atoms with Gasteiger partial charge in [-0.2, -0.15) is 0 Å². The summed E-state index contributed by atoms with van der Waals surface area (Å²) in [6.45, 7) is 20.4. The van der Waals surface area contributed by atoms with E-state index in [4.69, 9.17) is 13.1 Å². The van der Waals surface area contributed by atoms with Gasteiger partial charge < -0.3 is 4.85 Å². The summed E-state index contributed by atoms with van der Waals surface area (Å²) in [6.07, 6.45) is 0. The standard InChI is InChI=1S/C13H14N2.2Pt/c1-13(2,3)12(15-5)10-8-6-7-9-11(10)14-4;;/h6-9,12H,1-3H3;;. The van der Waals surface area contributed by atoms with Crippen LogP contribution in [-0.4, -0.2) is 0 Å². The monoisotopic (exact) mass is 588 g/mol. The van der Waals surface area contributed by atoms with Gasteiger partial charge in [-0.05, 0) is 0 Å². The Balaban J connectivity index is 0. The van der Waals surface area contributed by atoms with Crippen molar-refractivity contribution in [1.82, 2.24) is 0 Å². The third-order valence-corrected chi connectivity index (χ3v) is 2.30. The van der Waals surface area contributed by atoms with E-state index in [0.29, 0.717) is 5.69 Å². The summed E-state index contributed by atoms with van der Waals surface area (Å²) in [5, 5.41) is 0. The van der Waals surface area contributed by atoms with Crippen molar-refractivity contribution in [2.45, 2.75) is 26.8 Å². The van der Waals surface area contributed by atoms with E-state index in [0.717, 1.165) is 5.56 Å². The molecule has 0 saturated heterocycles. The minimum Gasteiger partial charge on any atom is -0.309 e. The molecule has 1 aromatic carbocycles. The van der Waals surface area contributed by atoms with Crippen molar-refractivity contribution in [2.75, 3.05) is 0 Å². The number of hydrogen-bond acceptors (Lipinski definition) is 0. The van der Waals surface area contributed by atoms with E-state index in [-0.39, 0.29) is 53.6 Å². The van der Waals surface area contributed by atoms with Crippen LogP contribution in [0.4, 0.5) is 5.69 Å². The molecule has 0 bridgehead atoms. The number of benzene rings is 1. The Hall–Kier alpha value is -0.423. The molecule has 0 amide bonds. The molecule has 1 unspecified atom stereocenters. The molecule has 0 aliphatic carbocycles. The Labute approximate surface area is 132 Å². The molecule has 1 aromatic rings. The van der Waals surface area contributed by atoms with Gasteiger partial charge in [0.05, 0.1) is 6.57 Å². The molecule has 0 aliphatic rings. The summed E-state index contributed by atoms with van der Waals surface area (Å²) in [5.41, 5.74) is 1.30. The van der Waals surface area contributed by atoms with Gasteiger partial charge in [-0.1, -0.05) is 45.0 Å². The first-order valence-corrected chi connectivity index (χ1v) is 4.83. The van der Waals surface area contributed by atoms with Crippen LogP contribution in [0.15, 0.2) is 24.3 Å². The second kappa shape index (κ2) is 7.82. The van der Waals surface area contributed by atoms with Gasteiger partial charge in [0.25, 0.3) is 0 Å². The van der Waals surface area contributed by atoms with Crippen molar-refractivity contribution < 1.29 is 42.1 Å². The van der Waals surface area contributed by atoms with Gasteiger partial charge in [0.15, 0.2) is 5.69 Å². The van der Waals surface area contributed by atoms with Crippen molar-refractivity contribution >= 4 is 5.69 Å². The third-order valence-electron chi connectivity index (χ3n) is 2.30. The molecule has 0 N–H and O–H groups in total. The second-order valence-corrected chi connectivity index (χ2v) is 4.57. The van der Waals surface area contributed by atoms with Gasteiger partial charge in [-0.25, -0.2) is 11.4 Å². The van der Waals surface area contributed by atoms with Crippen LogP contribution in [0.3, 0.4) is 0 Å². The van der Waals surface area contributed by atoms with E-state index in [1.54, 1.807) is 6.07 Å². The van der Waals surface area contributed by atoms with Gasteiger partial charge in [0.2, 0.25) is 6.04 Å². The molecule has 4 heteroatoms. The van der Waals surface area contributed by atoms with Crippen LogP contribution in [0.1, 0.15) is 32.4 Å². The zero-order chi connectivity index (χ0) is 11.5. The quantitative estimate of drug-likeness (QED) is 0.435. The molecule has 0 radical (unpaired) electrons. The van der Waals surface area contributed by atoms with Crippen LogP contribution in [0, 0.1) is 18.6 Å². The molecule has 0 saturated carbocycles. The first kappa shape index (κ1) is 18.9. The van der Waals surface area contributed by atoms with E-state index in [2.05, 4.69) is 9.69 Å². The molecule has 17 heavy (non-hydrogen) atoms. The van der Waals surface area contributed by atoms with Crippen molar-refractivity contribution in [3.63, 3.8) is 0 Å². The molecular formula is C13H14N2Pt2. The number of rotatable bonds is 1. The summed E-state index contributed by atoms with van der Waals surface area (Å²) >= 11 is 0. The summed E-state index contributed by atoms with van der Waals surface area (Å²) in [7, 11) is 0. The molecule has 1 atom stereocenters. The number of hydrogen-bond donors (Lipinski definition) is 0. The van der Waals surface area contributed by atoms with E-state index in [1.165, 1.54) is 0 Å². The molecule has 0 heterocycles. The fourth-order valence-corrected chi connectivity index (χ4v) is 1.55. The largest absolute Gasteiger partial charge is 0.309 e. The zero-order valence-electron chi connectivity index (χ0n) is 9.91. The summed E-state index contributed by atoms with van der Waals surface area (Å²) in [5.74, 6) is 0. The van der Waals surface area contributed by atoms with Crippen molar-refractivity contribution in [3.8, 4) is 0 Å². The van der Waals surface area contributed by atoms with Gasteiger partial charge >= 0.3 is 0 Å². The van der Waals surface area contributed by atoms with E-state index >= 15 is 0 Å². The van der Waals surface area contributed by atoms with Gasteiger partial charge in [0.1, 0.15) is 0 Å². The smallest absolute Gasteiger partial charge is 0.244 e. The first-order valence-electron chi connectivity index (χ1n) is 4.83. The van der Waals surface area contributed by atoms with E-state index in [1.807, 2.05) is 39.0 Å². The minimum absolute atomic E-state index is 0. The molecule has 0 aromatic heterocycles. The molecule has 0 fully saturated rings. The number of para-hydroxylation sites is 1. The maximum Gasteiger partial charge on any atom is 0.244 e. The predicted octanol–water partition coefficient (Wildman–Crippen LogP) is 4.24. The Morgan fingerprint density at radius 3 is 2.00 bits per heavy atom. The van der Waals surface area contributed by atoms with Crippen molar-refractivity contribution in [1.29, 1.82) is 0 Å². The van der Waals surface area contributed by atoms with Crippen LogP contribution in [0.5, 0.6) is 0 Å². The van der Waals surface area contributed by atoms with Crippen LogP contribution in [-0.2, 0) is 42.1 Å². The maximum absolute atomic E-state index is 7.25. The van der Waals surface area contributed by atoms with E-state index in [9.17, 15) is 0 Å². The van der Waals surface area contributed by atoms with Crippen LogP contribution in [0.25, 0.3) is 9.69 Å². The van der Waals surface area contributed by atoms with Gasteiger partial charge in [-0.15, -0.1) is 0 Å². The zero-order valence-corrected chi connectivity index (χ0v) is 14.5. The second-order valence-electron chi connectivity index (χ2n) is 4.57. The average molecular weight is 588 g/mol. The van der Waals surface area contributed by atoms with Crippen molar-refractivity contribution in [2.24, 2.45) is 5.41 Å². The summed E-state index contributed by atoms with van der Waals surface area (Å²) in [6, 6.07) is 7.12. The number of nitrogens with zero attached hydrogens (tertiary/aromatic N) is 2. The predicted molar refractivity (Wildman–Crippen MR) is 61.5 cm³/mol. The topological polar surface area (TPSA) is 8.72 Å².